The molecule has 1 aromatic carbocycles. The Balaban J connectivity index is 1.88. The SMILES string of the molecule is NNc1cc(Oc2ccc(Br)c(F)c2)nc(C2CC2)n1. The first-order valence-corrected chi connectivity index (χ1v) is 6.93. The molecule has 0 unspecified atom stereocenters. The lowest BCUT2D eigenvalue weighted by atomic mass is 10.3. The zero-order chi connectivity index (χ0) is 14.1. The maximum atomic E-state index is 13.5. The molecule has 0 amide bonds. The average Bonchev–Trinajstić information content (AvgIpc) is 3.27. The number of anilines is 1. The number of halogens is 2. The normalized spacial score (nSPS) is 14.2. The van der Waals surface area contributed by atoms with Crippen molar-refractivity contribution in [2.24, 2.45) is 5.84 Å². The molecule has 0 saturated heterocycles. The van der Waals surface area contributed by atoms with Gasteiger partial charge in [-0.25, -0.2) is 15.2 Å². The number of aromatic nitrogens is 2. The highest BCUT2D eigenvalue weighted by atomic mass is 79.9. The summed E-state index contributed by atoms with van der Waals surface area (Å²) in [6, 6.07) is 6.10. The van der Waals surface area contributed by atoms with Crippen molar-refractivity contribution in [3.05, 3.63) is 40.4 Å². The van der Waals surface area contributed by atoms with Crippen LogP contribution in [0, 0.1) is 5.82 Å². The van der Waals surface area contributed by atoms with E-state index >= 15 is 0 Å². The summed E-state index contributed by atoms with van der Waals surface area (Å²) in [6.07, 6.45) is 2.14. The fourth-order valence-electron chi connectivity index (χ4n) is 1.75. The van der Waals surface area contributed by atoms with Gasteiger partial charge in [0.1, 0.15) is 23.2 Å². The molecule has 3 rings (SSSR count). The van der Waals surface area contributed by atoms with Gasteiger partial charge in [-0.15, -0.1) is 0 Å². The zero-order valence-corrected chi connectivity index (χ0v) is 12.0. The minimum absolute atomic E-state index is 0.344. The quantitative estimate of drug-likeness (QED) is 0.660. The van der Waals surface area contributed by atoms with E-state index in [1.807, 2.05) is 0 Å². The molecule has 1 aliphatic carbocycles. The number of nitrogens with one attached hydrogen (secondary N) is 1. The number of benzene rings is 1. The maximum Gasteiger partial charge on any atom is 0.224 e. The summed E-state index contributed by atoms with van der Waals surface area (Å²) in [5.74, 6) is 7.26. The summed E-state index contributed by atoms with van der Waals surface area (Å²) in [5.41, 5.74) is 2.48. The Kier molecular flexibility index (Phi) is 3.54. The van der Waals surface area contributed by atoms with Gasteiger partial charge in [0.05, 0.1) is 4.47 Å². The molecule has 1 aliphatic rings. The van der Waals surface area contributed by atoms with E-state index < -0.39 is 5.82 Å². The van der Waals surface area contributed by atoms with Gasteiger partial charge in [0.15, 0.2) is 0 Å². The number of ether oxygens (including phenoxy) is 1. The van der Waals surface area contributed by atoms with E-state index in [2.05, 4.69) is 31.3 Å². The molecule has 1 aromatic heterocycles. The smallest absolute Gasteiger partial charge is 0.224 e. The molecule has 0 atom stereocenters. The average molecular weight is 339 g/mol. The highest BCUT2D eigenvalue weighted by Gasteiger charge is 2.27. The summed E-state index contributed by atoms with van der Waals surface area (Å²) in [6.45, 7) is 0. The molecule has 1 saturated carbocycles. The summed E-state index contributed by atoms with van der Waals surface area (Å²) in [5, 5.41) is 0. The van der Waals surface area contributed by atoms with Crippen molar-refractivity contribution in [1.29, 1.82) is 0 Å². The maximum absolute atomic E-state index is 13.5. The molecule has 1 heterocycles. The van der Waals surface area contributed by atoms with Crippen LogP contribution in [-0.2, 0) is 0 Å². The molecule has 104 valence electrons. The third-order valence-electron chi connectivity index (χ3n) is 2.92. The van der Waals surface area contributed by atoms with Gasteiger partial charge in [-0.2, -0.15) is 4.98 Å². The number of hydrogen-bond donors (Lipinski definition) is 2. The van der Waals surface area contributed by atoms with Gasteiger partial charge in [-0.05, 0) is 40.9 Å². The molecule has 7 heteroatoms. The minimum atomic E-state index is -0.392. The van der Waals surface area contributed by atoms with Crippen molar-refractivity contribution >= 4 is 21.7 Å². The van der Waals surface area contributed by atoms with Crippen LogP contribution in [0.4, 0.5) is 10.2 Å². The van der Waals surface area contributed by atoms with Gasteiger partial charge >= 0.3 is 0 Å². The summed E-state index contributed by atoms with van der Waals surface area (Å²) in [7, 11) is 0. The number of rotatable bonds is 4. The third kappa shape index (κ3) is 2.88. The Bertz CT molecular complexity index is 648. The monoisotopic (exact) mass is 338 g/mol. The van der Waals surface area contributed by atoms with Crippen LogP contribution in [-0.4, -0.2) is 9.97 Å². The Morgan fingerprint density at radius 3 is 2.75 bits per heavy atom. The van der Waals surface area contributed by atoms with Gasteiger partial charge in [-0.1, -0.05) is 0 Å². The van der Waals surface area contributed by atoms with Crippen LogP contribution in [0.3, 0.4) is 0 Å². The van der Waals surface area contributed by atoms with E-state index in [4.69, 9.17) is 10.6 Å². The Hall–Kier alpha value is -1.73. The summed E-state index contributed by atoms with van der Waals surface area (Å²) >= 11 is 3.09. The molecule has 0 aliphatic heterocycles. The molecule has 5 nitrogen and oxygen atoms in total. The molecule has 2 aromatic rings. The van der Waals surface area contributed by atoms with Gasteiger partial charge in [0.2, 0.25) is 5.88 Å². The molecule has 0 radical (unpaired) electrons. The Morgan fingerprint density at radius 1 is 1.30 bits per heavy atom. The fraction of sp³-hybridized carbons (Fsp3) is 0.231. The van der Waals surface area contributed by atoms with Crippen molar-refractivity contribution in [3.8, 4) is 11.6 Å². The van der Waals surface area contributed by atoms with Crippen LogP contribution < -0.4 is 16.0 Å². The lowest BCUT2D eigenvalue weighted by molar-refractivity contribution is 0.454. The van der Waals surface area contributed by atoms with Crippen LogP contribution >= 0.6 is 15.9 Å². The van der Waals surface area contributed by atoms with Gasteiger partial charge in [-0.3, -0.25) is 0 Å². The van der Waals surface area contributed by atoms with Crippen LogP contribution in [0.25, 0.3) is 0 Å². The summed E-state index contributed by atoms with van der Waals surface area (Å²) in [4.78, 5) is 8.61. The highest BCUT2D eigenvalue weighted by Crippen LogP contribution is 2.39. The number of hydrazine groups is 1. The molecule has 20 heavy (non-hydrogen) atoms. The zero-order valence-electron chi connectivity index (χ0n) is 10.4. The Morgan fingerprint density at radius 2 is 2.10 bits per heavy atom. The van der Waals surface area contributed by atoms with Crippen LogP contribution in [0.15, 0.2) is 28.7 Å². The molecule has 3 N–H and O–H groups in total. The Labute approximate surface area is 123 Å². The van der Waals surface area contributed by atoms with Gasteiger partial charge < -0.3 is 10.2 Å². The van der Waals surface area contributed by atoms with E-state index in [1.165, 1.54) is 6.07 Å². The second-order valence-electron chi connectivity index (χ2n) is 4.55. The first kappa shape index (κ1) is 13.3. The first-order valence-electron chi connectivity index (χ1n) is 6.14. The second-order valence-corrected chi connectivity index (χ2v) is 5.40. The van der Waals surface area contributed by atoms with E-state index in [1.54, 1.807) is 18.2 Å². The number of nitrogens with zero attached hydrogens (tertiary/aromatic N) is 2. The third-order valence-corrected chi connectivity index (χ3v) is 3.57. The van der Waals surface area contributed by atoms with Crippen LogP contribution in [0.5, 0.6) is 11.6 Å². The van der Waals surface area contributed by atoms with E-state index in [-0.39, 0.29) is 0 Å². The highest BCUT2D eigenvalue weighted by molar-refractivity contribution is 9.10. The molecule has 0 bridgehead atoms. The van der Waals surface area contributed by atoms with Crippen LogP contribution in [0.1, 0.15) is 24.6 Å². The van der Waals surface area contributed by atoms with E-state index in [0.29, 0.717) is 33.7 Å². The number of nitrogen functional groups attached to an aromatic ring is 1. The molecule has 1 fully saturated rings. The van der Waals surface area contributed by atoms with Crippen LogP contribution in [0.2, 0.25) is 0 Å². The van der Waals surface area contributed by atoms with E-state index in [0.717, 1.165) is 12.8 Å². The van der Waals surface area contributed by atoms with Crippen molar-refractivity contribution in [2.75, 3.05) is 5.43 Å². The minimum Gasteiger partial charge on any atom is -0.439 e. The predicted molar refractivity (Wildman–Crippen MR) is 76.0 cm³/mol. The van der Waals surface area contributed by atoms with Crippen molar-refractivity contribution < 1.29 is 9.13 Å². The standard InChI is InChI=1S/C13H12BrFN4O/c14-9-4-3-8(5-10(9)15)20-12-6-11(19-16)17-13(18-12)7-1-2-7/h3-7H,1-2,16H2,(H,17,18,19). The largest absolute Gasteiger partial charge is 0.439 e. The topological polar surface area (TPSA) is 73.1 Å². The van der Waals surface area contributed by atoms with E-state index in [9.17, 15) is 4.39 Å². The number of nitrogens with two attached hydrogens (primary N) is 1. The molecule has 0 spiro atoms. The first-order chi connectivity index (χ1) is 9.65. The van der Waals surface area contributed by atoms with Crippen molar-refractivity contribution in [2.45, 2.75) is 18.8 Å². The van der Waals surface area contributed by atoms with Gasteiger partial charge in [0.25, 0.3) is 0 Å². The predicted octanol–water partition coefficient (Wildman–Crippen LogP) is 3.33. The second kappa shape index (κ2) is 5.34. The number of hydrogen-bond acceptors (Lipinski definition) is 5. The van der Waals surface area contributed by atoms with Crippen molar-refractivity contribution in [1.82, 2.24) is 9.97 Å². The lowest BCUT2D eigenvalue weighted by Gasteiger charge is -2.09. The van der Waals surface area contributed by atoms with Gasteiger partial charge in [0, 0.05) is 18.1 Å². The fourth-order valence-corrected chi connectivity index (χ4v) is 2.00. The molecular weight excluding hydrogens is 327 g/mol. The lowest BCUT2D eigenvalue weighted by Crippen LogP contribution is -2.10. The van der Waals surface area contributed by atoms with Crippen molar-refractivity contribution in [3.63, 3.8) is 0 Å². The summed E-state index contributed by atoms with van der Waals surface area (Å²) < 4.78 is 19.4. The molecular formula is C13H12BrFN4O.